The molecule has 1 spiro atoms. The smallest absolute Gasteiger partial charge is 0.321 e. The van der Waals surface area contributed by atoms with Crippen LogP contribution in [-0.4, -0.2) is 44.2 Å². The first-order valence-corrected chi connectivity index (χ1v) is 10.6. The Kier molecular flexibility index (Phi) is 4.73. The number of carbonyl (C=O) groups is 1. The van der Waals surface area contributed by atoms with Gasteiger partial charge in [-0.3, -0.25) is 0 Å². The van der Waals surface area contributed by atoms with Crippen LogP contribution in [0, 0.1) is 6.92 Å². The van der Waals surface area contributed by atoms with Crippen molar-refractivity contribution in [1.29, 1.82) is 0 Å². The van der Waals surface area contributed by atoms with Gasteiger partial charge < -0.3 is 10.2 Å². The molecule has 2 amide bonds. The first-order chi connectivity index (χ1) is 14.6. The standard InChI is InChI=1S/C23H26N6O/c1-17-25-26-27-29(17)20-10-4-9-19(15-20)24-22(30)28-14-6-13-23(16-28)12-5-8-18-7-2-3-11-21(18)23/h2-4,7,9-11,15H,5-6,8,12-14,16H2,1H3,(H,24,30). The lowest BCUT2D eigenvalue weighted by Gasteiger charge is -2.46. The third kappa shape index (κ3) is 3.34. The molecule has 30 heavy (non-hydrogen) atoms. The highest BCUT2D eigenvalue weighted by molar-refractivity contribution is 5.89. The molecular formula is C23H26N6O. The number of hydrogen-bond acceptors (Lipinski definition) is 4. The van der Waals surface area contributed by atoms with Gasteiger partial charge in [0.15, 0.2) is 5.82 Å². The largest absolute Gasteiger partial charge is 0.324 e. The van der Waals surface area contributed by atoms with Gasteiger partial charge in [-0.15, -0.1) is 5.10 Å². The van der Waals surface area contributed by atoms with E-state index in [1.807, 2.05) is 36.1 Å². The molecule has 0 saturated carbocycles. The second-order valence-electron chi connectivity index (χ2n) is 8.43. The van der Waals surface area contributed by atoms with Crippen molar-refractivity contribution in [3.05, 3.63) is 65.5 Å². The van der Waals surface area contributed by atoms with Gasteiger partial charge in [-0.05, 0) is 78.8 Å². The summed E-state index contributed by atoms with van der Waals surface area (Å²) >= 11 is 0. The molecule has 2 aromatic carbocycles. The van der Waals surface area contributed by atoms with Crippen LogP contribution in [0.1, 0.15) is 42.6 Å². The van der Waals surface area contributed by atoms with Gasteiger partial charge in [0, 0.05) is 24.2 Å². The number of nitrogens with zero attached hydrogens (tertiary/aromatic N) is 5. The minimum absolute atomic E-state index is 0.0392. The topological polar surface area (TPSA) is 75.9 Å². The van der Waals surface area contributed by atoms with Crippen molar-refractivity contribution >= 4 is 11.7 Å². The number of anilines is 1. The van der Waals surface area contributed by atoms with Crippen LogP contribution in [0.4, 0.5) is 10.5 Å². The van der Waals surface area contributed by atoms with Crippen LogP contribution in [0.15, 0.2) is 48.5 Å². The maximum atomic E-state index is 13.1. The Morgan fingerprint density at radius 3 is 2.83 bits per heavy atom. The number of hydrogen-bond donors (Lipinski definition) is 1. The Hall–Kier alpha value is -3.22. The Morgan fingerprint density at radius 2 is 1.97 bits per heavy atom. The van der Waals surface area contributed by atoms with Crippen molar-refractivity contribution in [1.82, 2.24) is 25.1 Å². The maximum Gasteiger partial charge on any atom is 0.321 e. The molecule has 1 unspecified atom stereocenters. The molecule has 7 heteroatoms. The van der Waals surface area contributed by atoms with E-state index < -0.39 is 0 Å². The zero-order valence-corrected chi connectivity index (χ0v) is 17.2. The molecule has 5 rings (SSSR count). The number of amides is 2. The highest BCUT2D eigenvalue weighted by atomic mass is 16.2. The molecule has 1 atom stereocenters. The lowest BCUT2D eigenvalue weighted by Crippen LogP contribution is -2.51. The maximum absolute atomic E-state index is 13.1. The van der Waals surface area contributed by atoms with Gasteiger partial charge in [0.25, 0.3) is 0 Å². The van der Waals surface area contributed by atoms with Crippen LogP contribution in [-0.2, 0) is 11.8 Å². The van der Waals surface area contributed by atoms with E-state index in [9.17, 15) is 4.79 Å². The molecular weight excluding hydrogens is 376 g/mol. The summed E-state index contributed by atoms with van der Waals surface area (Å²) in [5.74, 6) is 0.701. The van der Waals surface area contributed by atoms with Gasteiger partial charge in [0.05, 0.1) is 5.69 Å². The molecule has 3 aromatic rings. The molecule has 1 fully saturated rings. The van der Waals surface area contributed by atoms with E-state index >= 15 is 0 Å². The summed E-state index contributed by atoms with van der Waals surface area (Å²) in [6.07, 6.45) is 5.68. The minimum Gasteiger partial charge on any atom is -0.324 e. The number of urea groups is 1. The molecule has 0 bridgehead atoms. The Balaban J connectivity index is 1.35. The average Bonchev–Trinajstić information content (AvgIpc) is 3.20. The molecule has 0 radical (unpaired) electrons. The van der Waals surface area contributed by atoms with Crippen LogP contribution >= 0.6 is 0 Å². The van der Waals surface area contributed by atoms with E-state index in [1.54, 1.807) is 4.68 Å². The fraction of sp³-hybridized carbons (Fsp3) is 0.391. The monoisotopic (exact) mass is 402 g/mol. The minimum atomic E-state index is -0.0392. The third-order valence-electron chi connectivity index (χ3n) is 6.52. The summed E-state index contributed by atoms with van der Waals surface area (Å²) < 4.78 is 1.66. The third-order valence-corrected chi connectivity index (χ3v) is 6.52. The summed E-state index contributed by atoms with van der Waals surface area (Å²) in [6, 6.07) is 16.4. The van der Waals surface area contributed by atoms with Crippen LogP contribution in [0.3, 0.4) is 0 Å². The normalized spacial score (nSPS) is 20.8. The van der Waals surface area contributed by atoms with E-state index in [4.69, 9.17) is 0 Å². The number of tetrazole rings is 1. The molecule has 1 aromatic heterocycles. The molecule has 154 valence electrons. The van der Waals surface area contributed by atoms with E-state index in [0.29, 0.717) is 5.82 Å². The fourth-order valence-electron chi connectivity index (χ4n) is 5.12. The van der Waals surface area contributed by atoms with Crippen molar-refractivity contribution in [2.75, 3.05) is 18.4 Å². The van der Waals surface area contributed by atoms with Crippen molar-refractivity contribution in [3.8, 4) is 5.69 Å². The van der Waals surface area contributed by atoms with Crippen LogP contribution < -0.4 is 5.32 Å². The van der Waals surface area contributed by atoms with Gasteiger partial charge in [-0.2, -0.15) is 4.68 Å². The van der Waals surface area contributed by atoms with Gasteiger partial charge >= 0.3 is 6.03 Å². The number of carbonyl (C=O) groups excluding carboxylic acids is 1. The number of benzene rings is 2. The first-order valence-electron chi connectivity index (χ1n) is 10.6. The second-order valence-corrected chi connectivity index (χ2v) is 8.43. The van der Waals surface area contributed by atoms with E-state index in [0.717, 1.165) is 50.1 Å². The lowest BCUT2D eigenvalue weighted by atomic mass is 9.66. The first kappa shape index (κ1) is 18.8. The molecule has 2 heterocycles. The Bertz CT molecular complexity index is 1080. The zero-order valence-electron chi connectivity index (χ0n) is 17.2. The molecule has 1 aliphatic heterocycles. The van der Waals surface area contributed by atoms with Crippen molar-refractivity contribution in [2.24, 2.45) is 0 Å². The number of nitrogens with one attached hydrogen (secondary N) is 1. The van der Waals surface area contributed by atoms with Crippen molar-refractivity contribution in [2.45, 2.75) is 44.4 Å². The van der Waals surface area contributed by atoms with Crippen molar-refractivity contribution < 1.29 is 4.79 Å². The summed E-state index contributed by atoms with van der Waals surface area (Å²) in [5, 5.41) is 14.7. The Morgan fingerprint density at radius 1 is 1.10 bits per heavy atom. The average molecular weight is 403 g/mol. The Labute approximate surface area is 176 Å². The van der Waals surface area contributed by atoms with Gasteiger partial charge in [-0.25, -0.2) is 4.79 Å². The van der Waals surface area contributed by atoms with E-state index in [1.165, 1.54) is 17.5 Å². The quantitative estimate of drug-likeness (QED) is 0.706. The zero-order chi connectivity index (χ0) is 20.6. The van der Waals surface area contributed by atoms with Crippen LogP contribution in [0.2, 0.25) is 0 Å². The number of fused-ring (bicyclic) bond motifs is 2. The van der Waals surface area contributed by atoms with Gasteiger partial charge in [0.2, 0.25) is 0 Å². The van der Waals surface area contributed by atoms with E-state index in [-0.39, 0.29) is 11.4 Å². The highest BCUT2D eigenvalue weighted by Crippen LogP contribution is 2.43. The van der Waals surface area contributed by atoms with E-state index in [2.05, 4.69) is 45.1 Å². The predicted molar refractivity (Wildman–Crippen MR) is 115 cm³/mol. The summed E-state index contributed by atoms with van der Waals surface area (Å²) in [4.78, 5) is 15.1. The molecule has 1 saturated heterocycles. The highest BCUT2D eigenvalue weighted by Gasteiger charge is 2.41. The number of piperidine rings is 1. The lowest BCUT2D eigenvalue weighted by molar-refractivity contribution is 0.148. The van der Waals surface area contributed by atoms with Gasteiger partial charge in [-0.1, -0.05) is 30.3 Å². The molecule has 1 N–H and O–H groups in total. The predicted octanol–water partition coefficient (Wildman–Crippen LogP) is 3.87. The summed E-state index contributed by atoms with van der Waals surface area (Å²) in [5.41, 5.74) is 4.57. The molecule has 1 aliphatic carbocycles. The fourth-order valence-corrected chi connectivity index (χ4v) is 5.12. The number of aryl methyl sites for hydroxylation is 2. The van der Waals surface area contributed by atoms with Crippen LogP contribution in [0.5, 0.6) is 0 Å². The van der Waals surface area contributed by atoms with Gasteiger partial charge in [0.1, 0.15) is 0 Å². The number of rotatable bonds is 2. The second kappa shape index (κ2) is 7.55. The van der Waals surface area contributed by atoms with Crippen molar-refractivity contribution in [3.63, 3.8) is 0 Å². The SMILES string of the molecule is Cc1nnnn1-c1cccc(NC(=O)N2CCCC3(CCCc4ccccc43)C2)c1. The molecule has 2 aliphatic rings. The number of aromatic nitrogens is 4. The summed E-state index contributed by atoms with van der Waals surface area (Å²) in [7, 11) is 0. The molecule has 7 nitrogen and oxygen atoms in total. The van der Waals surface area contributed by atoms with Crippen LogP contribution in [0.25, 0.3) is 5.69 Å². The summed E-state index contributed by atoms with van der Waals surface area (Å²) in [6.45, 7) is 3.42. The number of likely N-dealkylation sites (tertiary alicyclic amines) is 1.